The second-order valence-corrected chi connectivity index (χ2v) is 4.60. The Bertz CT molecular complexity index is 443. The third-order valence-electron chi connectivity index (χ3n) is 3.24. The highest BCUT2D eigenvalue weighted by Gasteiger charge is 2.15. The predicted octanol–water partition coefficient (Wildman–Crippen LogP) is 1.67. The highest BCUT2D eigenvalue weighted by Crippen LogP contribution is 2.24. The molecule has 0 saturated heterocycles. The highest BCUT2D eigenvalue weighted by atomic mass is 16.5. The fraction of sp³-hybridized carbons (Fsp3) is 0.500. The Labute approximate surface area is 108 Å². The summed E-state index contributed by atoms with van der Waals surface area (Å²) in [6, 6.07) is 2.04. The lowest BCUT2D eigenvalue weighted by molar-refractivity contribution is 0.222. The molecule has 0 amide bonds. The lowest BCUT2D eigenvalue weighted by atomic mass is 10.1. The zero-order valence-electron chi connectivity index (χ0n) is 11.0. The maximum absolute atomic E-state index is 9.37. The minimum atomic E-state index is 0.0355. The molecule has 2 rings (SSSR count). The molecule has 1 aromatic heterocycles. The molecule has 0 aromatic carbocycles. The smallest absolute Gasteiger partial charge is 0.0717 e. The van der Waals surface area contributed by atoms with Gasteiger partial charge in [-0.2, -0.15) is 0 Å². The van der Waals surface area contributed by atoms with Crippen molar-refractivity contribution in [1.82, 2.24) is 4.98 Å². The van der Waals surface area contributed by atoms with Crippen LogP contribution in [0, 0.1) is 6.92 Å². The molecule has 4 heteroatoms. The predicted molar refractivity (Wildman–Crippen MR) is 71.7 cm³/mol. The summed E-state index contributed by atoms with van der Waals surface area (Å²) in [6.45, 7) is 4.56. The van der Waals surface area contributed by atoms with Crippen molar-refractivity contribution >= 4 is 5.69 Å². The zero-order valence-corrected chi connectivity index (χ0v) is 11.0. The second kappa shape index (κ2) is 5.98. The van der Waals surface area contributed by atoms with Gasteiger partial charge in [-0.05, 0) is 25.0 Å². The van der Waals surface area contributed by atoms with E-state index in [1.165, 1.54) is 5.57 Å². The third kappa shape index (κ3) is 2.89. The van der Waals surface area contributed by atoms with Crippen molar-refractivity contribution in [2.24, 2.45) is 0 Å². The number of rotatable bonds is 4. The van der Waals surface area contributed by atoms with Crippen molar-refractivity contribution < 1.29 is 9.84 Å². The molecule has 0 fully saturated rings. The number of aromatic nitrogens is 1. The molecule has 2 heterocycles. The van der Waals surface area contributed by atoms with Crippen LogP contribution in [0.2, 0.25) is 0 Å². The van der Waals surface area contributed by atoms with E-state index in [0.29, 0.717) is 0 Å². The van der Waals surface area contributed by atoms with Gasteiger partial charge in [0.15, 0.2) is 0 Å². The number of aliphatic hydroxyl groups is 1. The van der Waals surface area contributed by atoms with Crippen LogP contribution in [0.25, 0.3) is 0 Å². The average Bonchev–Trinajstić information content (AvgIpc) is 2.40. The minimum Gasteiger partial charge on any atom is -0.392 e. The maximum Gasteiger partial charge on any atom is 0.0717 e. The van der Waals surface area contributed by atoms with Gasteiger partial charge in [0.25, 0.3) is 0 Å². The van der Waals surface area contributed by atoms with E-state index in [4.69, 9.17) is 4.74 Å². The first-order chi connectivity index (χ1) is 8.74. The summed E-state index contributed by atoms with van der Waals surface area (Å²) in [7, 11) is 1.73. The van der Waals surface area contributed by atoms with Crippen molar-refractivity contribution in [2.75, 3.05) is 31.7 Å². The average molecular weight is 248 g/mol. The van der Waals surface area contributed by atoms with Crippen molar-refractivity contribution in [3.05, 3.63) is 35.2 Å². The van der Waals surface area contributed by atoms with Gasteiger partial charge in [0.2, 0.25) is 0 Å². The second-order valence-electron chi connectivity index (χ2n) is 4.60. The molecule has 4 nitrogen and oxygen atoms in total. The number of ether oxygens (including phenoxy) is 1. The summed E-state index contributed by atoms with van der Waals surface area (Å²) in [5.41, 5.74) is 4.32. The van der Waals surface area contributed by atoms with Crippen LogP contribution >= 0.6 is 0 Å². The van der Waals surface area contributed by atoms with Gasteiger partial charge < -0.3 is 14.7 Å². The van der Waals surface area contributed by atoms with Crippen LogP contribution in [0.4, 0.5) is 5.69 Å². The zero-order chi connectivity index (χ0) is 13.0. The normalized spacial score (nSPS) is 15.7. The Morgan fingerprint density at radius 2 is 2.33 bits per heavy atom. The van der Waals surface area contributed by atoms with Gasteiger partial charge in [0, 0.05) is 43.3 Å². The van der Waals surface area contributed by atoms with Gasteiger partial charge in [0.1, 0.15) is 0 Å². The third-order valence-corrected chi connectivity index (χ3v) is 3.24. The Hall–Kier alpha value is -1.39. The quantitative estimate of drug-likeness (QED) is 0.823. The van der Waals surface area contributed by atoms with Crippen LogP contribution in [0.3, 0.4) is 0 Å². The van der Waals surface area contributed by atoms with Gasteiger partial charge in [-0.3, -0.25) is 4.98 Å². The van der Waals surface area contributed by atoms with Crippen molar-refractivity contribution in [3.63, 3.8) is 0 Å². The Balaban J connectivity index is 2.16. The molecule has 0 unspecified atom stereocenters. The van der Waals surface area contributed by atoms with Crippen molar-refractivity contribution in [2.45, 2.75) is 20.0 Å². The van der Waals surface area contributed by atoms with Gasteiger partial charge in [-0.25, -0.2) is 0 Å². The van der Waals surface area contributed by atoms with Crippen LogP contribution in [0.5, 0.6) is 0 Å². The first-order valence-electron chi connectivity index (χ1n) is 6.22. The van der Waals surface area contributed by atoms with Gasteiger partial charge in [-0.1, -0.05) is 6.08 Å². The van der Waals surface area contributed by atoms with E-state index >= 15 is 0 Å². The number of hydrogen-bond acceptors (Lipinski definition) is 4. The Morgan fingerprint density at radius 3 is 2.94 bits per heavy atom. The lowest BCUT2D eigenvalue weighted by Crippen LogP contribution is -2.30. The first-order valence-corrected chi connectivity index (χ1v) is 6.22. The van der Waals surface area contributed by atoms with Crippen LogP contribution in [0.1, 0.15) is 17.7 Å². The molecule has 0 saturated carbocycles. The summed E-state index contributed by atoms with van der Waals surface area (Å²) in [6.07, 6.45) is 4.99. The van der Waals surface area contributed by atoms with Crippen LogP contribution in [-0.2, 0) is 11.3 Å². The van der Waals surface area contributed by atoms with E-state index in [2.05, 4.69) is 16.0 Å². The van der Waals surface area contributed by atoms with E-state index in [1.807, 2.05) is 13.0 Å². The molecular formula is C14H20N2O2. The van der Waals surface area contributed by atoms with E-state index in [-0.39, 0.29) is 6.61 Å². The fourth-order valence-electron chi connectivity index (χ4n) is 2.24. The van der Waals surface area contributed by atoms with Crippen LogP contribution in [0.15, 0.2) is 23.9 Å². The fourth-order valence-corrected chi connectivity index (χ4v) is 2.24. The molecule has 1 aromatic rings. The molecule has 1 N–H and O–H groups in total. The van der Waals surface area contributed by atoms with Crippen molar-refractivity contribution in [3.8, 4) is 0 Å². The monoisotopic (exact) mass is 248 g/mol. The Kier molecular flexibility index (Phi) is 4.33. The maximum atomic E-state index is 9.37. The molecular weight excluding hydrogens is 228 g/mol. The molecule has 0 bridgehead atoms. The number of pyridine rings is 1. The molecule has 0 atom stereocenters. The van der Waals surface area contributed by atoms with Crippen LogP contribution in [-0.4, -0.2) is 36.9 Å². The van der Waals surface area contributed by atoms with E-state index in [0.717, 1.165) is 43.1 Å². The van der Waals surface area contributed by atoms with E-state index < -0.39 is 0 Å². The summed E-state index contributed by atoms with van der Waals surface area (Å²) in [5, 5.41) is 9.37. The number of aryl methyl sites for hydroxylation is 1. The first kappa shape index (κ1) is 13.1. The highest BCUT2D eigenvalue weighted by molar-refractivity contribution is 5.54. The minimum absolute atomic E-state index is 0.0355. The summed E-state index contributed by atoms with van der Waals surface area (Å²) >= 11 is 0. The molecule has 0 spiro atoms. The summed E-state index contributed by atoms with van der Waals surface area (Å²) in [4.78, 5) is 6.50. The Morgan fingerprint density at radius 1 is 1.50 bits per heavy atom. The number of methoxy groups -OCH3 is 1. The number of aliphatic hydroxyl groups excluding tert-OH is 1. The molecule has 0 radical (unpaired) electrons. The number of anilines is 1. The van der Waals surface area contributed by atoms with Crippen molar-refractivity contribution in [1.29, 1.82) is 0 Å². The topological polar surface area (TPSA) is 45.6 Å². The number of nitrogens with zero attached hydrogens (tertiary/aromatic N) is 2. The van der Waals surface area contributed by atoms with Crippen LogP contribution < -0.4 is 4.90 Å². The number of hydrogen-bond donors (Lipinski definition) is 1. The molecule has 1 aliphatic rings. The largest absolute Gasteiger partial charge is 0.392 e. The lowest BCUT2D eigenvalue weighted by Gasteiger charge is -2.30. The summed E-state index contributed by atoms with van der Waals surface area (Å²) < 4.78 is 5.15. The van der Waals surface area contributed by atoms with E-state index in [1.54, 1.807) is 13.3 Å². The van der Waals surface area contributed by atoms with Gasteiger partial charge in [0.05, 0.1) is 13.2 Å². The molecule has 1 aliphatic heterocycles. The molecule has 98 valence electrons. The standard InChI is InChI=1S/C14H20N2O2/c1-11-7-14(13(9-17)8-15-11)16-5-3-12(4-6-16)10-18-2/h3,7-8,17H,4-6,9-10H2,1-2H3. The SMILES string of the molecule is COCC1=CCN(c2cc(C)ncc2CO)CC1. The molecule has 18 heavy (non-hydrogen) atoms. The van der Waals surface area contributed by atoms with E-state index in [9.17, 15) is 5.11 Å². The molecule has 0 aliphatic carbocycles. The summed E-state index contributed by atoms with van der Waals surface area (Å²) in [5.74, 6) is 0. The van der Waals surface area contributed by atoms with Gasteiger partial charge >= 0.3 is 0 Å². The van der Waals surface area contributed by atoms with Gasteiger partial charge in [-0.15, -0.1) is 0 Å².